The SMILES string of the molecule is Cc1ccc(-c2ccnc3nc(-c4[nH]nc5c(F)cc(-c6cncc(CN7CCC(F)(F)C7)c6)cc45)[nH]c23)s1. The van der Waals surface area contributed by atoms with E-state index in [0.717, 1.165) is 21.5 Å². The van der Waals surface area contributed by atoms with Crippen molar-refractivity contribution in [1.29, 1.82) is 0 Å². The molecule has 1 aromatic carbocycles. The molecule has 39 heavy (non-hydrogen) atoms. The first-order valence-electron chi connectivity index (χ1n) is 12.5. The van der Waals surface area contributed by atoms with E-state index in [0.29, 0.717) is 46.8 Å². The van der Waals surface area contributed by atoms with Gasteiger partial charge in [-0.1, -0.05) is 0 Å². The summed E-state index contributed by atoms with van der Waals surface area (Å²) < 4.78 is 42.5. The van der Waals surface area contributed by atoms with E-state index >= 15 is 4.39 Å². The maximum Gasteiger partial charge on any atom is 0.261 e. The molecule has 6 aromatic rings. The minimum atomic E-state index is -2.66. The third-order valence-electron chi connectivity index (χ3n) is 7.03. The maximum atomic E-state index is 15.2. The quantitative estimate of drug-likeness (QED) is 0.256. The van der Waals surface area contributed by atoms with E-state index in [4.69, 9.17) is 0 Å². The second-order valence-electron chi connectivity index (χ2n) is 9.90. The molecule has 1 aliphatic rings. The van der Waals surface area contributed by atoms with E-state index in [-0.39, 0.29) is 18.5 Å². The van der Waals surface area contributed by atoms with Crippen molar-refractivity contribution in [2.45, 2.75) is 25.8 Å². The van der Waals surface area contributed by atoms with Gasteiger partial charge in [0.05, 0.1) is 12.1 Å². The van der Waals surface area contributed by atoms with E-state index in [1.54, 1.807) is 34.8 Å². The number of rotatable bonds is 5. The number of imidazole rings is 1. The molecular formula is C28H22F3N7S. The zero-order valence-corrected chi connectivity index (χ0v) is 21.6. The van der Waals surface area contributed by atoms with Crippen molar-refractivity contribution < 1.29 is 13.2 Å². The van der Waals surface area contributed by atoms with Gasteiger partial charge in [-0.2, -0.15) is 5.10 Å². The Labute approximate surface area is 224 Å². The molecule has 2 N–H and O–H groups in total. The summed E-state index contributed by atoms with van der Waals surface area (Å²) in [4.78, 5) is 20.8. The summed E-state index contributed by atoms with van der Waals surface area (Å²) in [6.45, 7) is 2.48. The van der Waals surface area contributed by atoms with Crippen LogP contribution in [0.3, 0.4) is 0 Å². The number of aryl methyl sites for hydroxylation is 1. The molecule has 0 atom stereocenters. The summed E-state index contributed by atoms with van der Waals surface area (Å²) in [7, 11) is 0. The first-order valence-corrected chi connectivity index (χ1v) is 13.3. The predicted molar refractivity (Wildman–Crippen MR) is 145 cm³/mol. The zero-order chi connectivity index (χ0) is 26.7. The van der Waals surface area contributed by atoms with Gasteiger partial charge in [0.25, 0.3) is 5.92 Å². The van der Waals surface area contributed by atoms with Gasteiger partial charge in [0.15, 0.2) is 17.3 Å². The summed E-state index contributed by atoms with van der Waals surface area (Å²) in [5.74, 6) is -2.65. The highest BCUT2D eigenvalue weighted by Gasteiger charge is 2.37. The molecule has 1 aliphatic heterocycles. The smallest absolute Gasteiger partial charge is 0.261 e. The molecule has 7 nitrogen and oxygen atoms in total. The number of hydrogen-bond acceptors (Lipinski definition) is 6. The number of nitrogens with one attached hydrogen (secondary N) is 2. The lowest BCUT2D eigenvalue weighted by atomic mass is 10.0. The number of aromatic amines is 2. The van der Waals surface area contributed by atoms with Crippen molar-refractivity contribution in [3.8, 4) is 33.1 Å². The van der Waals surface area contributed by atoms with Crippen LogP contribution in [-0.2, 0) is 6.54 Å². The fraction of sp³-hybridized carbons (Fsp3) is 0.214. The standard InChI is InChI=1S/C28H22F3N7S/c1-15-2-3-22(39-15)19-4-6-33-26-24(19)34-27(35-26)25-20-9-17(10-21(29)23(20)36-37-25)18-8-16(11-32-12-18)13-38-7-5-28(30,31)14-38/h2-4,6,8-12H,5,7,13-14H2,1H3,(H,36,37)(H,33,34,35). The zero-order valence-electron chi connectivity index (χ0n) is 20.8. The molecule has 5 aromatic heterocycles. The van der Waals surface area contributed by atoms with Gasteiger partial charge in [-0.3, -0.25) is 15.0 Å². The molecule has 11 heteroatoms. The van der Waals surface area contributed by atoms with Crippen molar-refractivity contribution in [3.05, 3.63) is 71.2 Å². The molecule has 0 radical (unpaired) electrons. The highest BCUT2D eigenvalue weighted by Crippen LogP contribution is 2.36. The van der Waals surface area contributed by atoms with Crippen LogP contribution in [-0.4, -0.2) is 54.0 Å². The van der Waals surface area contributed by atoms with Crippen LogP contribution in [0.5, 0.6) is 0 Å². The summed E-state index contributed by atoms with van der Waals surface area (Å²) >= 11 is 1.69. The number of hydrogen-bond donors (Lipinski definition) is 2. The van der Waals surface area contributed by atoms with Gasteiger partial charge in [-0.15, -0.1) is 11.3 Å². The first-order chi connectivity index (χ1) is 18.8. The molecule has 6 heterocycles. The normalized spacial score (nSPS) is 15.6. The van der Waals surface area contributed by atoms with Crippen LogP contribution in [0.4, 0.5) is 13.2 Å². The van der Waals surface area contributed by atoms with Gasteiger partial charge < -0.3 is 4.98 Å². The molecule has 1 fully saturated rings. The largest absolute Gasteiger partial charge is 0.335 e. The van der Waals surface area contributed by atoms with E-state index < -0.39 is 11.7 Å². The van der Waals surface area contributed by atoms with E-state index in [9.17, 15) is 8.78 Å². The number of halogens is 3. The number of aromatic nitrogens is 6. The number of benzene rings is 1. The second-order valence-corrected chi connectivity index (χ2v) is 11.2. The third-order valence-corrected chi connectivity index (χ3v) is 8.06. The van der Waals surface area contributed by atoms with Gasteiger partial charge >= 0.3 is 0 Å². The molecule has 0 saturated carbocycles. The van der Waals surface area contributed by atoms with Crippen molar-refractivity contribution in [2.24, 2.45) is 0 Å². The average molecular weight is 546 g/mol. The molecule has 7 rings (SSSR count). The highest BCUT2D eigenvalue weighted by molar-refractivity contribution is 7.15. The van der Waals surface area contributed by atoms with Gasteiger partial charge in [-0.25, -0.2) is 23.1 Å². The Balaban J connectivity index is 1.27. The maximum absolute atomic E-state index is 15.2. The van der Waals surface area contributed by atoms with Crippen LogP contribution in [0.15, 0.2) is 55.0 Å². The highest BCUT2D eigenvalue weighted by atomic mass is 32.1. The topological polar surface area (TPSA) is 86.4 Å². The van der Waals surface area contributed by atoms with E-state index in [2.05, 4.69) is 49.2 Å². The number of thiophene rings is 1. The second kappa shape index (κ2) is 8.99. The summed E-state index contributed by atoms with van der Waals surface area (Å²) in [5.41, 5.74) is 5.15. The Morgan fingerprint density at radius 2 is 2.00 bits per heavy atom. The number of pyridine rings is 2. The van der Waals surface area contributed by atoms with Gasteiger partial charge in [-0.05, 0) is 54.4 Å². The lowest BCUT2D eigenvalue weighted by molar-refractivity contribution is 0.0115. The Hall–Kier alpha value is -4.09. The molecule has 0 bridgehead atoms. The molecule has 196 valence electrons. The van der Waals surface area contributed by atoms with Gasteiger partial charge in [0, 0.05) is 64.4 Å². The Kier molecular flexibility index (Phi) is 5.53. The van der Waals surface area contributed by atoms with E-state index in [1.807, 2.05) is 18.2 Å². The monoisotopic (exact) mass is 545 g/mol. The molecule has 1 saturated heterocycles. The fourth-order valence-electron chi connectivity index (χ4n) is 5.17. The molecular weight excluding hydrogens is 523 g/mol. The van der Waals surface area contributed by atoms with Gasteiger partial charge in [0.2, 0.25) is 0 Å². The van der Waals surface area contributed by atoms with Crippen LogP contribution in [0.2, 0.25) is 0 Å². The van der Waals surface area contributed by atoms with Crippen LogP contribution >= 0.6 is 11.3 Å². The van der Waals surface area contributed by atoms with Crippen LogP contribution < -0.4 is 0 Å². The van der Waals surface area contributed by atoms with E-state index in [1.165, 1.54) is 10.9 Å². The minimum absolute atomic E-state index is 0.142. The third kappa shape index (κ3) is 4.37. The summed E-state index contributed by atoms with van der Waals surface area (Å²) in [6.07, 6.45) is 4.88. The van der Waals surface area contributed by atoms with Crippen molar-refractivity contribution in [2.75, 3.05) is 13.1 Å². The van der Waals surface area contributed by atoms with Crippen molar-refractivity contribution in [3.63, 3.8) is 0 Å². The minimum Gasteiger partial charge on any atom is -0.335 e. The number of nitrogens with zero attached hydrogens (tertiary/aromatic N) is 5. The molecule has 0 spiro atoms. The first kappa shape index (κ1) is 24.0. The van der Waals surface area contributed by atoms with Crippen LogP contribution in [0.1, 0.15) is 16.9 Å². The fourth-order valence-corrected chi connectivity index (χ4v) is 6.07. The number of alkyl halides is 2. The molecule has 0 amide bonds. The molecule has 0 unspecified atom stereocenters. The Morgan fingerprint density at radius 1 is 1.10 bits per heavy atom. The lowest BCUT2D eigenvalue weighted by Crippen LogP contribution is -2.24. The van der Waals surface area contributed by atoms with Crippen LogP contribution in [0, 0.1) is 12.7 Å². The van der Waals surface area contributed by atoms with Gasteiger partial charge in [0.1, 0.15) is 11.2 Å². The van der Waals surface area contributed by atoms with Crippen molar-refractivity contribution in [1.82, 2.24) is 35.0 Å². The average Bonchev–Trinajstić information content (AvgIpc) is 3.69. The lowest BCUT2D eigenvalue weighted by Gasteiger charge is -2.15. The summed E-state index contributed by atoms with van der Waals surface area (Å²) in [5, 5.41) is 7.71. The number of likely N-dealkylation sites (tertiary alicyclic amines) is 1. The number of H-pyrrole nitrogens is 2. The Bertz CT molecular complexity index is 1850. The predicted octanol–water partition coefficient (Wildman–Crippen LogP) is 6.58. The van der Waals surface area contributed by atoms with Crippen molar-refractivity contribution >= 4 is 33.4 Å². The van der Waals surface area contributed by atoms with Crippen LogP contribution in [0.25, 0.3) is 55.2 Å². The number of fused-ring (bicyclic) bond motifs is 2. The Morgan fingerprint density at radius 3 is 2.79 bits per heavy atom. The molecule has 0 aliphatic carbocycles. The summed E-state index contributed by atoms with van der Waals surface area (Å²) in [6, 6.07) is 11.2.